The first-order valence-corrected chi connectivity index (χ1v) is 3.35. The fourth-order valence-electron chi connectivity index (χ4n) is 0.806. The van der Waals surface area contributed by atoms with Crippen LogP contribution in [0.4, 0.5) is 4.39 Å². The average molecular weight is 192 g/mol. The van der Waals surface area contributed by atoms with E-state index in [1.807, 2.05) is 0 Å². The van der Waals surface area contributed by atoms with Gasteiger partial charge in [0.05, 0.1) is 0 Å². The molecule has 1 aromatic carbocycles. The molecule has 0 bridgehead atoms. The van der Waals surface area contributed by atoms with Gasteiger partial charge >= 0.3 is 0 Å². The van der Waals surface area contributed by atoms with Gasteiger partial charge in [-0.2, -0.15) is 0 Å². The Hall–Kier alpha value is -0.800. The van der Waals surface area contributed by atoms with Crippen LogP contribution < -0.4 is 5.73 Å². The van der Waals surface area contributed by atoms with Crippen molar-refractivity contribution in [2.24, 2.45) is 5.73 Å². The number of hydrogen-bond donors (Lipinski definition) is 2. The molecule has 1 atom stereocenters. The lowest BCUT2D eigenvalue weighted by Gasteiger charge is -2.04. The van der Waals surface area contributed by atoms with Crippen LogP contribution in [0.1, 0.15) is 18.5 Å². The van der Waals surface area contributed by atoms with Crippen molar-refractivity contribution < 1.29 is 9.50 Å². The molecule has 12 heavy (non-hydrogen) atoms. The van der Waals surface area contributed by atoms with Crippen LogP contribution in [0.15, 0.2) is 18.2 Å². The van der Waals surface area contributed by atoms with Crippen molar-refractivity contribution in [2.45, 2.75) is 13.0 Å². The van der Waals surface area contributed by atoms with E-state index in [2.05, 4.69) is 0 Å². The molecule has 4 heteroatoms. The normalized spacial score (nSPS) is 11.9. The highest BCUT2D eigenvalue weighted by molar-refractivity contribution is 5.85. The summed E-state index contributed by atoms with van der Waals surface area (Å²) in [5.41, 5.74) is 6.17. The Morgan fingerprint density at radius 3 is 2.50 bits per heavy atom. The second-order valence-electron chi connectivity index (χ2n) is 2.50. The maximum atomic E-state index is 12.6. The third kappa shape index (κ3) is 2.36. The Labute approximate surface area is 76.6 Å². The van der Waals surface area contributed by atoms with E-state index in [4.69, 9.17) is 10.8 Å². The summed E-state index contributed by atoms with van der Waals surface area (Å²) < 4.78 is 12.6. The summed E-state index contributed by atoms with van der Waals surface area (Å²) in [5.74, 6) is -0.964. The van der Waals surface area contributed by atoms with Gasteiger partial charge in [0, 0.05) is 6.04 Å². The van der Waals surface area contributed by atoms with Gasteiger partial charge in [0.1, 0.15) is 0 Å². The first-order valence-electron chi connectivity index (χ1n) is 3.35. The van der Waals surface area contributed by atoms with Crippen LogP contribution in [-0.4, -0.2) is 5.11 Å². The molecule has 0 saturated carbocycles. The summed E-state index contributed by atoms with van der Waals surface area (Å²) in [6.45, 7) is 1.76. The first-order chi connectivity index (χ1) is 5.11. The van der Waals surface area contributed by atoms with Crippen LogP contribution in [0, 0.1) is 5.82 Å². The van der Waals surface area contributed by atoms with Gasteiger partial charge in [0.15, 0.2) is 11.6 Å². The van der Waals surface area contributed by atoms with E-state index < -0.39 is 5.82 Å². The van der Waals surface area contributed by atoms with Crippen LogP contribution in [0.3, 0.4) is 0 Å². The molecule has 0 aromatic heterocycles. The van der Waals surface area contributed by atoms with Crippen molar-refractivity contribution in [2.75, 3.05) is 0 Å². The van der Waals surface area contributed by atoms with Crippen LogP contribution in [0.25, 0.3) is 0 Å². The number of hydrogen-bond acceptors (Lipinski definition) is 2. The molecule has 3 N–H and O–H groups in total. The minimum Gasteiger partial charge on any atom is -0.505 e. The molecule has 0 aliphatic rings. The molecule has 0 radical (unpaired) electrons. The molecule has 0 spiro atoms. The second kappa shape index (κ2) is 4.28. The lowest BCUT2D eigenvalue weighted by atomic mass is 10.1. The van der Waals surface area contributed by atoms with Crippen molar-refractivity contribution in [3.8, 4) is 5.75 Å². The molecule has 0 saturated heterocycles. The topological polar surface area (TPSA) is 46.2 Å². The largest absolute Gasteiger partial charge is 0.505 e. The molecular formula is C8H11ClFNO. The smallest absolute Gasteiger partial charge is 0.165 e. The third-order valence-corrected chi connectivity index (χ3v) is 1.50. The number of nitrogens with two attached hydrogens (primary N) is 1. The summed E-state index contributed by atoms with van der Waals surface area (Å²) in [7, 11) is 0. The maximum Gasteiger partial charge on any atom is 0.165 e. The number of phenolic OH excluding ortho intramolecular Hbond substituents is 1. The van der Waals surface area contributed by atoms with Crippen LogP contribution in [0.5, 0.6) is 5.75 Å². The summed E-state index contributed by atoms with van der Waals surface area (Å²) >= 11 is 0. The molecule has 0 unspecified atom stereocenters. The Balaban J connectivity index is 0.00000121. The lowest BCUT2D eigenvalue weighted by molar-refractivity contribution is 0.431. The van der Waals surface area contributed by atoms with Gasteiger partial charge in [0.2, 0.25) is 0 Å². The number of aromatic hydroxyl groups is 1. The highest BCUT2D eigenvalue weighted by Crippen LogP contribution is 2.18. The summed E-state index contributed by atoms with van der Waals surface area (Å²) in [5, 5.41) is 8.81. The lowest BCUT2D eigenvalue weighted by Crippen LogP contribution is -2.04. The van der Waals surface area contributed by atoms with Crippen LogP contribution in [0.2, 0.25) is 0 Å². The second-order valence-corrected chi connectivity index (χ2v) is 2.50. The summed E-state index contributed by atoms with van der Waals surface area (Å²) in [6, 6.07) is 3.93. The van der Waals surface area contributed by atoms with Gasteiger partial charge in [-0.1, -0.05) is 6.07 Å². The molecule has 2 nitrogen and oxygen atoms in total. The van der Waals surface area contributed by atoms with Gasteiger partial charge in [-0.25, -0.2) is 4.39 Å². The van der Waals surface area contributed by atoms with Crippen molar-refractivity contribution in [3.63, 3.8) is 0 Å². The van der Waals surface area contributed by atoms with E-state index in [-0.39, 0.29) is 24.2 Å². The fraction of sp³-hybridized carbons (Fsp3) is 0.250. The Kier molecular flexibility index (Phi) is 4.00. The van der Waals surface area contributed by atoms with E-state index in [1.54, 1.807) is 13.0 Å². The van der Waals surface area contributed by atoms with Gasteiger partial charge < -0.3 is 10.8 Å². The van der Waals surface area contributed by atoms with Gasteiger partial charge in [-0.15, -0.1) is 12.4 Å². The van der Waals surface area contributed by atoms with Crippen molar-refractivity contribution >= 4 is 12.4 Å². The first kappa shape index (κ1) is 11.2. The molecular weight excluding hydrogens is 181 g/mol. The van der Waals surface area contributed by atoms with Crippen LogP contribution in [-0.2, 0) is 0 Å². The van der Waals surface area contributed by atoms with Gasteiger partial charge in [0.25, 0.3) is 0 Å². The Bertz CT molecular complexity index is 265. The molecule has 68 valence electrons. The number of phenols is 1. The predicted molar refractivity (Wildman–Crippen MR) is 47.9 cm³/mol. The van der Waals surface area contributed by atoms with E-state index in [1.165, 1.54) is 12.1 Å². The number of rotatable bonds is 1. The SMILES string of the molecule is C[C@H](N)c1ccc(O)c(F)c1.Cl. The molecule has 0 amide bonds. The van der Waals surface area contributed by atoms with Crippen molar-refractivity contribution in [3.05, 3.63) is 29.6 Å². The minimum atomic E-state index is -0.625. The Morgan fingerprint density at radius 1 is 1.50 bits per heavy atom. The van der Waals surface area contributed by atoms with Crippen LogP contribution >= 0.6 is 12.4 Å². The highest BCUT2D eigenvalue weighted by Gasteiger charge is 2.03. The molecule has 0 fully saturated rings. The quantitative estimate of drug-likeness (QED) is 0.713. The molecule has 0 aliphatic carbocycles. The van der Waals surface area contributed by atoms with E-state index in [0.29, 0.717) is 5.56 Å². The molecule has 0 heterocycles. The van der Waals surface area contributed by atoms with E-state index in [9.17, 15) is 4.39 Å². The van der Waals surface area contributed by atoms with E-state index >= 15 is 0 Å². The summed E-state index contributed by atoms with van der Waals surface area (Å²) in [6.07, 6.45) is 0. The minimum absolute atomic E-state index is 0. The zero-order valence-corrected chi connectivity index (χ0v) is 7.44. The highest BCUT2D eigenvalue weighted by atomic mass is 35.5. The summed E-state index contributed by atoms with van der Waals surface area (Å²) in [4.78, 5) is 0. The maximum absolute atomic E-state index is 12.6. The van der Waals surface area contributed by atoms with Gasteiger partial charge in [-0.3, -0.25) is 0 Å². The monoisotopic (exact) mass is 191 g/mol. The number of halogens is 2. The fourth-order valence-corrected chi connectivity index (χ4v) is 0.806. The number of benzene rings is 1. The van der Waals surface area contributed by atoms with Crippen molar-refractivity contribution in [1.82, 2.24) is 0 Å². The zero-order chi connectivity index (χ0) is 8.43. The predicted octanol–water partition coefficient (Wildman–Crippen LogP) is 1.97. The molecule has 1 rings (SSSR count). The zero-order valence-electron chi connectivity index (χ0n) is 6.62. The Morgan fingerprint density at radius 2 is 2.08 bits per heavy atom. The van der Waals surface area contributed by atoms with Gasteiger partial charge in [-0.05, 0) is 24.6 Å². The molecule has 1 aromatic rings. The average Bonchev–Trinajstić information content (AvgIpc) is 1.94. The third-order valence-electron chi connectivity index (χ3n) is 1.50. The van der Waals surface area contributed by atoms with Crippen molar-refractivity contribution in [1.29, 1.82) is 0 Å². The molecule has 0 aliphatic heterocycles. The standard InChI is InChI=1S/C8H10FNO.ClH/c1-5(10)6-2-3-8(11)7(9)4-6;/h2-5,11H,10H2,1H3;1H/t5-;/m0./s1. The van der Waals surface area contributed by atoms with E-state index in [0.717, 1.165) is 0 Å².